The first kappa shape index (κ1) is 7.09. The molecule has 1 aromatic rings. The molecule has 2 nitrogen and oxygen atoms in total. The van der Waals surface area contributed by atoms with Crippen LogP contribution in [0.25, 0.3) is 0 Å². The van der Waals surface area contributed by atoms with Gasteiger partial charge >= 0.3 is 0 Å². The summed E-state index contributed by atoms with van der Waals surface area (Å²) in [5.41, 5.74) is 0.961. The van der Waals surface area contributed by atoms with Gasteiger partial charge in [0.25, 0.3) is 0 Å². The molecule has 52 valence electrons. The number of hydrogen-bond acceptors (Lipinski definition) is 2. The second kappa shape index (κ2) is 3.90. The van der Waals surface area contributed by atoms with Gasteiger partial charge in [0, 0.05) is 0 Å². The Morgan fingerprint density at radius 1 is 1.30 bits per heavy atom. The van der Waals surface area contributed by atoms with Crippen LogP contribution in [0.4, 0.5) is 0 Å². The van der Waals surface area contributed by atoms with Crippen LogP contribution < -0.4 is 0 Å². The van der Waals surface area contributed by atoms with E-state index in [1.54, 1.807) is 0 Å². The van der Waals surface area contributed by atoms with E-state index in [-0.39, 0.29) is 0 Å². The molecule has 0 aliphatic heterocycles. The number of halogens is 1. The van der Waals surface area contributed by atoms with Gasteiger partial charge in [-0.1, -0.05) is 35.5 Å². The van der Waals surface area contributed by atoms with Gasteiger partial charge in [-0.3, -0.25) is 4.39 Å². The highest BCUT2D eigenvalue weighted by atomic mass is 35.5. The van der Waals surface area contributed by atoms with Crippen molar-refractivity contribution in [2.24, 2.45) is 5.16 Å². The van der Waals surface area contributed by atoms with Crippen LogP contribution in [0.5, 0.6) is 0 Å². The second-order valence-electron chi connectivity index (χ2n) is 1.71. The van der Waals surface area contributed by atoms with E-state index in [1.807, 2.05) is 30.3 Å². The van der Waals surface area contributed by atoms with E-state index in [0.717, 1.165) is 5.56 Å². The lowest BCUT2D eigenvalue weighted by atomic mass is 10.2. The maximum absolute atomic E-state index is 4.85. The molecular formula is C7H6ClNO. The van der Waals surface area contributed by atoms with Crippen molar-refractivity contribution in [1.29, 1.82) is 0 Å². The molecule has 0 aliphatic carbocycles. The topological polar surface area (TPSA) is 21.6 Å². The first-order chi connectivity index (χ1) is 4.93. The zero-order valence-corrected chi connectivity index (χ0v) is 5.95. The molecule has 0 saturated carbocycles. The first-order valence-corrected chi connectivity index (χ1v) is 3.10. The van der Waals surface area contributed by atoms with Crippen molar-refractivity contribution in [3.05, 3.63) is 35.9 Å². The first-order valence-electron chi connectivity index (χ1n) is 2.79. The smallest absolute Gasteiger partial charge is 0.167 e. The van der Waals surface area contributed by atoms with E-state index in [0.29, 0.717) is 0 Å². The predicted molar refractivity (Wildman–Crippen MR) is 41.0 cm³/mol. The maximum atomic E-state index is 4.85. The standard InChI is InChI=1S/C7H6ClNO/c8-10-9-6-7-4-2-1-3-5-7/h1-6H/b9-6-. The predicted octanol–water partition coefficient (Wildman–Crippen LogP) is 2.19. The highest BCUT2D eigenvalue weighted by molar-refractivity contribution is 6.07. The maximum Gasteiger partial charge on any atom is 0.167 e. The Hall–Kier alpha value is -1.02. The van der Waals surface area contributed by atoms with Gasteiger partial charge in [0.1, 0.15) is 0 Å². The molecule has 1 rings (SSSR count). The Morgan fingerprint density at radius 2 is 2.00 bits per heavy atom. The summed E-state index contributed by atoms with van der Waals surface area (Å²) in [5.74, 6) is 0. The van der Waals surface area contributed by atoms with Gasteiger partial charge in [0.2, 0.25) is 0 Å². The highest BCUT2D eigenvalue weighted by Gasteiger charge is 1.81. The molecule has 0 fully saturated rings. The Kier molecular flexibility index (Phi) is 2.77. The summed E-state index contributed by atoms with van der Waals surface area (Å²) >= 11 is 4.85. The van der Waals surface area contributed by atoms with E-state index in [2.05, 4.69) is 9.55 Å². The lowest BCUT2D eigenvalue weighted by Crippen LogP contribution is -1.77. The van der Waals surface area contributed by atoms with Crippen molar-refractivity contribution in [2.75, 3.05) is 0 Å². The molecule has 3 heteroatoms. The Bertz CT molecular complexity index is 210. The van der Waals surface area contributed by atoms with Crippen molar-refractivity contribution in [1.82, 2.24) is 0 Å². The summed E-state index contributed by atoms with van der Waals surface area (Å²) in [7, 11) is 0. The summed E-state index contributed by atoms with van der Waals surface area (Å²) in [6.07, 6.45) is 1.53. The van der Waals surface area contributed by atoms with Crippen LogP contribution in [0.1, 0.15) is 5.56 Å². The Balaban J connectivity index is 2.67. The van der Waals surface area contributed by atoms with E-state index in [1.165, 1.54) is 6.21 Å². The van der Waals surface area contributed by atoms with Crippen molar-refractivity contribution in [2.45, 2.75) is 0 Å². The fourth-order valence-corrected chi connectivity index (χ4v) is 0.660. The largest absolute Gasteiger partial charge is 0.277 e. The van der Waals surface area contributed by atoms with Gasteiger partial charge in [-0.25, -0.2) is 0 Å². The Labute approximate surface area is 64.2 Å². The van der Waals surface area contributed by atoms with Crippen LogP contribution in [0, 0.1) is 0 Å². The second-order valence-corrected chi connectivity index (χ2v) is 1.85. The third-order valence-corrected chi connectivity index (χ3v) is 1.12. The molecule has 0 aliphatic rings. The molecule has 0 amide bonds. The van der Waals surface area contributed by atoms with E-state index >= 15 is 0 Å². The number of benzene rings is 1. The number of hydrogen-bond donors (Lipinski definition) is 0. The lowest BCUT2D eigenvalue weighted by Gasteiger charge is -1.86. The summed E-state index contributed by atoms with van der Waals surface area (Å²) in [5, 5.41) is 3.38. The van der Waals surface area contributed by atoms with Gasteiger partial charge in [-0.05, 0) is 5.56 Å². The van der Waals surface area contributed by atoms with Gasteiger partial charge in [-0.15, -0.1) is 0 Å². The fraction of sp³-hybridized carbons (Fsp3) is 0. The average Bonchev–Trinajstić information content (AvgIpc) is 2.03. The van der Waals surface area contributed by atoms with Crippen LogP contribution in [0.3, 0.4) is 0 Å². The van der Waals surface area contributed by atoms with Crippen LogP contribution in [-0.4, -0.2) is 6.21 Å². The van der Waals surface area contributed by atoms with Crippen molar-refractivity contribution in [3.63, 3.8) is 0 Å². The molecule has 0 heterocycles. The summed E-state index contributed by atoms with van der Waals surface area (Å²) in [4.78, 5) is 0. The molecule has 0 radical (unpaired) electrons. The third kappa shape index (κ3) is 2.07. The van der Waals surface area contributed by atoms with Crippen molar-refractivity contribution < 1.29 is 4.39 Å². The number of nitrogens with zero attached hydrogens (tertiary/aromatic N) is 1. The van der Waals surface area contributed by atoms with E-state index in [4.69, 9.17) is 11.9 Å². The van der Waals surface area contributed by atoms with Gasteiger partial charge < -0.3 is 0 Å². The van der Waals surface area contributed by atoms with E-state index in [9.17, 15) is 0 Å². The molecule has 0 bridgehead atoms. The van der Waals surface area contributed by atoms with Crippen LogP contribution in [0.2, 0.25) is 0 Å². The van der Waals surface area contributed by atoms with Crippen LogP contribution in [0.15, 0.2) is 35.5 Å². The lowest BCUT2D eigenvalue weighted by molar-refractivity contribution is 0.383. The number of oxime groups is 1. The van der Waals surface area contributed by atoms with Gasteiger partial charge in [0.05, 0.1) is 6.21 Å². The average molecular weight is 156 g/mol. The van der Waals surface area contributed by atoms with Gasteiger partial charge in [-0.2, -0.15) is 0 Å². The molecule has 0 spiro atoms. The molecule has 0 unspecified atom stereocenters. The summed E-state index contributed by atoms with van der Waals surface area (Å²) < 4.78 is 3.99. The molecule has 10 heavy (non-hydrogen) atoms. The minimum absolute atomic E-state index is 0.961. The van der Waals surface area contributed by atoms with Crippen LogP contribution >= 0.6 is 11.9 Å². The Morgan fingerprint density at radius 3 is 2.60 bits per heavy atom. The number of rotatable bonds is 2. The van der Waals surface area contributed by atoms with Crippen molar-refractivity contribution in [3.8, 4) is 0 Å². The zero-order chi connectivity index (χ0) is 7.23. The quantitative estimate of drug-likeness (QED) is 0.474. The molecule has 0 N–H and O–H groups in total. The minimum Gasteiger partial charge on any atom is -0.277 e. The third-order valence-electron chi connectivity index (χ3n) is 1.04. The fourth-order valence-electron chi connectivity index (χ4n) is 0.620. The minimum atomic E-state index is 0.961. The summed E-state index contributed by atoms with van der Waals surface area (Å²) in [6, 6.07) is 9.56. The molecule has 0 saturated heterocycles. The normalized spacial score (nSPS) is 10.1. The van der Waals surface area contributed by atoms with Crippen molar-refractivity contribution >= 4 is 18.1 Å². The summed E-state index contributed by atoms with van der Waals surface area (Å²) in [6.45, 7) is 0. The molecule has 1 aromatic carbocycles. The molecular weight excluding hydrogens is 150 g/mol. The molecule has 0 aromatic heterocycles. The molecule has 0 atom stereocenters. The monoisotopic (exact) mass is 155 g/mol. The zero-order valence-electron chi connectivity index (χ0n) is 5.20. The highest BCUT2D eigenvalue weighted by Crippen LogP contribution is 1.94. The van der Waals surface area contributed by atoms with Crippen LogP contribution in [-0.2, 0) is 4.39 Å². The van der Waals surface area contributed by atoms with Gasteiger partial charge in [0.15, 0.2) is 11.9 Å². The van der Waals surface area contributed by atoms with E-state index < -0.39 is 0 Å². The SMILES string of the molecule is ClO/N=C\c1ccccc1.